The van der Waals surface area contributed by atoms with Crippen LogP contribution in [0.3, 0.4) is 0 Å². The first-order chi connectivity index (χ1) is 7.16. The van der Waals surface area contributed by atoms with Gasteiger partial charge in [0.05, 0.1) is 6.61 Å². The van der Waals surface area contributed by atoms with Gasteiger partial charge in [-0.15, -0.1) is 0 Å². The van der Waals surface area contributed by atoms with Gasteiger partial charge in [-0.25, -0.2) is 8.78 Å². The second-order valence-corrected chi connectivity index (χ2v) is 2.87. The second kappa shape index (κ2) is 9.79. The molecule has 0 rings (SSSR count). The zero-order valence-electron chi connectivity index (χ0n) is 8.80. The van der Waals surface area contributed by atoms with Crippen molar-refractivity contribution in [2.45, 2.75) is 19.8 Å². The molecule has 6 heteroatoms. The fourth-order valence-electron chi connectivity index (χ4n) is 0.795. The van der Waals surface area contributed by atoms with Gasteiger partial charge in [-0.05, 0) is 6.42 Å². The van der Waals surface area contributed by atoms with Crippen LogP contribution in [0.2, 0.25) is 0 Å². The molecule has 0 aromatic heterocycles. The molecule has 90 valence electrons. The zero-order chi connectivity index (χ0) is 11.5. The minimum Gasteiger partial charge on any atom is -0.374 e. The fourth-order valence-corrected chi connectivity index (χ4v) is 0.795. The second-order valence-electron chi connectivity index (χ2n) is 2.87. The van der Waals surface area contributed by atoms with Gasteiger partial charge < -0.3 is 14.8 Å². The molecule has 1 N–H and O–H groups in total. The van der Waals surface area contributed by atoms with Crippen LogP contribution in [0.25, 0.3) is 0 Å². The lowest BCUT2D eigenvalue weighted by molar-refractivity contribution is -0.126. The Hall–Kier alpha value is -0.750. The Morgan fingerprint density at radius 2 is 2.07 bits per heavy atom. The van der Waals surface area contributed by atoms with Gasteiger partial charge in [-0.1, -0.05) is 6.92 Å². The summed E-state index contributed by atoms with van der Waals surface area (Å²) in [6.07, 6.45) is -1.61. The highest BCUT2D eigenvalue weighted by molar-refractivity contribution is 5.77. The quantitative estimate of drug-likeness (QED) is 0.591. The van der Waals surface area contributed by atoms with Crippen LogP contribution in [0.15, 0.2) is 0 Å². The van der Waals surface area contributed by atoms with Crippen molar-refractivity contribution < 1.29 is 23.0 Å². The van der Waals surface area contributed by atoms with Gasteiger partial charge in [0.2, 0.25) is 5.91 Å². The Bertz CT molecular complexity index is 167. The third kappa shape index (κ3) is 11.2. The van der Waals surface area contributed by atoms with Crippen molar-refractivity contribution in [3.63, 3.8) is 0 Å². The molecule has 0 aromatic rings. The van der Waals surface area contributed by atoms with E-state index in [0.717, 1.165) is 6.42 Å². The first kappa shape index (κ1) is 14.2. The predicted molar refractivity (Wildman–Crippen MR) is 50.9 cm³/mol. The summed E-state index contributed by atoms with van der Waals surface area (Å²) in [7, 11) is 0. The molecule has 0 heterocycles. The van der Waals surface area contributed by atoms with Crippen LogP contribution in [-0.2, 0) is 14.3 Å². The van der Waals surface area contributed by atoms with E-state index in [1.165, 1.54) is 0 Å². The lowest BCUT2D eigenvalue weighted by Crippen LogP contribution is -2.31. The van der Waals surface area contributed by atoms with E-state index >= 15 is 0 Å². The summed E-state index contributed by atoms with van der Waals surface area (Å²) in [4.78, 5) is 11.0. The van der Waals surface area contributed by atoms with Gasteiger partial charge in [-0.3, -0.25) is 4.79 Å². The highest BCUT2D eigenvalue weighted by atomic mass is 19.3. The number of hydrogen-bond donors (Lipinski definition) is 1. The molecular formula is C9H17F2NO3. The van der Waals surface area contributed by atoms with Crippen molar-refractivity contribution >= 4 is 5.91 Å². The van der Waals surface area contributed by atoms with Crippen LogP contribution in [-0.4, -0.2) is 45.3 Å². The summed E-state index contributed by atoms with van der Waals surface area (Å²) in [5.41, 5.74) is 0. The molecule has 0 unspecified atom stereocenters. The van der Waals surface area contributed by atoms with Crippen LogP contribution in [0, 0.1) is 0 Å². The van der Waals surface area contributed by atoms with E-state index in [2.05, 4.69) is 10.1 Å². The number of ether oxygens (including phenoxy) is 2. The molecule has 0 fully saturated rings. The number of alkyl halides is 2. The van der Waals surface area contributed by atoms with Crippen molar-refractivity contribution in [2.24, 2.45) is 0 Å². The Kier molecular flexibility index (Phi) is 9.30. The van der Waals surface area contributed by atoms with Crippen molar-refractivity contribution in [1.82, 2.24) is 5.32 Å². The van der Waals surface area contributed by atoms with Crippen LogP contribution in [0.5, 0.6) is 0 Å². The van der Waals surface area contributed by atoms with Crippen molar-refractivity contribution in [1.29, 1.82) is 0 Å². The lowest BCUT2D eigenvalue weighted by Gasteiger charge is -2.06. The molecule has 0 saturated heterocycles. The van der Waals surface area contributed by atoms with Crippen LogP contribution >= 0.6 is 0 Å². The highest BCUT2D eigenvalue weighted by Crippen LogP contribution is 1.91. The number of halogens is 2. The maximum absolute atomic E-state index is 11.6. The number of hydrogen-bond acceptors (Lipinski definition) is 3. The first-order valence-corrected chi connectivity index (χ1v) is 4.87. The summed E-state index contributed by atoms with van der Waals surface area (Å²) in [6.45, 7) is 2.20. The molecule has 0 aromatic carbocycles. The molecule has 0 aliphatic rings. The Morgan fingerprint density at radius 1 is 1.33 bits per heavy atom. The van der Waals surface area contributed by atoms with Gasteiger partial charge >= 0.3 is 0 Å². The molecule has 0 radical (unpaired) electrons. The molecule has 0 spiro atoms. The van der Waals surface area contributed by atoms with Gasteiger partial charge in [0.1, 0.15) is 13.2 Å². The van der Waals surface area contributed by atoms with E-state index in [-0.39, 0.29) is 25.7 Å². The number of carbonyl (C=O) groups is 1. The molecule has 0 aliphatic carbocycles. The molecule has 0 atom stereocenters. The summed E-state index contributed by atoms with van der Waals surface area (Å²) >= 11 is 0. The van der Waals surface area contributed by atoms with E-state index in [0.29, 0.717) is 6.61 Å². The van der Waals surface area contributed by atoms with Crippen LogP contribution in [0.1, 0.15) is 13.3 Å². The maximum Gasteiger partial charge on any atom is 0.261 e. The summed E-state index contributed by atoms with van der Waals surface area (Å²) < 4.78 is 32.7. The molecule has 15 heavy (non-hydrogen) atoms. The molecule has 4 nitrogen and oxygen atoms in total. The standard InChI is InChI=1S/C9H17F2NO3/c1-2-4-14-7-9(13)12-3-5-15-6-8(10)11/h8H,2-7H2,1H3,(H,12,13). The molecule has 0 saturated carbocycles. The SMILES string of the molecule is CCCOCC(=O)NCCOCC(F)F. The third-order valence-electron chi connectivity index (χ3n) is 1.39. The lowest BCUT2D eigenvalue weighted by atomic mass is 10.5. The van der Waals surface area contributed by atoms with Crippen molar-refractivity contribution in [3.05, 3.63) is 0 Å². The predicted octanol–water partition coefficient (Wildman–Crippen LogP) is 0.811. The maximum atomic E-state index is 11.6. The number of nitrogens with one attached hydrogen (secondary N) is 1. The molecule has 1 amide bonds. The van der Waals surface area contributed by atoms with Gasteiger partial charge in [0, 0.05) is 13.2 Å². The summed E-state index contributed by atoms with van der Waals surface area (Å²) in [5, 5.41) is 2.48. The Labute approximate surface area is 87.9 Å². The molecular weight excluding hydrogens is 208 g/mol. The Morgan fingerprint density at radius 3 is 2.67 bits per heavy atom. The van der Waals surface area contributed by atoms with Crippen LogP contribution < -0.4 is 5.32 Å². The van der Waals surface area contributed by atoms with E-state index in [4.69, 9.17) is 4.74 Å². The summed E-state index contributed by atoms with van der Waals surface area (Å²) in [6, 6.07) is 0. The third-order valence-corrected chi connectivity index (χ3v) is 1.39. The smallest absolute Gasteiger partial charge is 0.261 e. The van der Waals surface area contributed by atoms with Crippen molar-refractivity contribution in [3.8, 4) is 0 Å². The zero-order valence-corrected chi connectivity index (χ0v) is 8.80. The topological polar surface area (TPSA) is 47.6 Å². The number of carbonyl (C=O) groups excluding carboxylic acids is 1. The number of rotatable bonds is 9. The normalized spacial score (nSPS) is 10.7. The van der Waals surface area contributed by atoms with Gasteiger partial charge in [0.25, 0.3) is 6.43 Å². The molecule has 0 bridgehead atoms. The Balaban J connectivity index is 3.17. The fraction of sp³-hybridized carbons (Fsp3) is 0.889. The average molecular weight is 225 g/mol. The van der Waals surface area contributed by atoms with E-state index in [1.54, 1.807) is 0 Å². The minimum absolute atomic E-state index is 0.00267. The highest BCUT2D eigenvalue weighted by Gasteiger charge is 2.02. The number of amides is 1. The molecule has 0 aliphatic heterocycles. The minimum atomic E-state index is -2.46. The summed E-state index contributed by atoms with van der Waals surface area (Å²) in [5.74, 6) is -0.260. The van der Waals surface area contributed by atoms with E-state index in [1.807, 2.05) is 6.92 Å². The average Bonchev–Trinajstić information content (AvgIpc) is 2.17. The van der Waals surface area contributed by atoms with Crippen LogP contribution in [0.4, 0.5) is 8.78 Å². The first-order valence-electron chi connectivity index (χ1n) is 4.87. The van der Waals surface area contributed by atoms with Crippen molar-refractivity contribution in [2.75, 3.05) is 33.0 Å². The largest absolute Gasteiger partial charge is 0.374 e. The van der Waals surface area contributed by atoms with E-state index < -0.39 is 13.0 Å². The van der Waals surface area contributed by atoms with E-state index in [9.17, 15) is 13.6 Å². The van der Waals surface area contributed by atoms with Gasteiger partial charge in [0.15, 0.2) is 0 Å². The monoisotopic (exact) mass is 225 g/mol. The van der Waals surface area contributed by atoms with Gasteiger partial charge in [-0.2, -0.15) is 0 Å².